The average molecular weight is 280 g/mol. The van der Waals surface area contributed by atoms with Gasteiger partial charge in [-0.3, -0.25) is 0 Å². The summed E-state index contributed by atoms with van der Waals surface area (Å²) in [5.41, 5.74) is 2.71. The van der Waals surface area contributed by atoms with E-state index in [4.69, 9.17) is 0 Å². The van der Waals surface area contributed by atoms with Gasteiger partial charge in [0.25, 0.3) is 0 Å². The van der Waals surface area contributed by atoms with Gasteiger partial charge in [0.1, 0.15) is 0 Å². The Kier molecular flexibility index (Phi) is 2.04. The number of phenolic OH excluding ortho intramolecular Hbond substituents is 4. The first-order chi connectivity index (χ1) is 10.0. The van der Waals surface area contributed by atoms with Gasteiger partial charge >= 0.3 is 0 Å². The molecule has 0 saturated heterocycles. The summed E-state index contributed by atoms with van der Waals surface area (Å²) in [6, 6.07) is 6.10. The Morgan fingerprint density at radius 2 is 0.952 bits per heavy atom. The summed E-state index contributed by atoms with van der Waals surface area (Å²) in [7, 11) is 0. The van der Waals surface area contributed by atoms with Gasteiger partial charge in [0.05, 0.1) is 5.41 Å². The van der Waals surface area contributed by atoms with E-state index in [1.807, 2.05) is 24.3 Å². The van der Waals surface area contributed by atoms with Crippen LogP contribution in [-0.2, 0) is 5.41 Å². The van der Waals surface area contributed by atoms with Crippen molar-refractivity contribution in [2.75, 3.05) is 0 Å². The van der Waals surface area contributed by atoms with Gasteiger partial charge in [-0.05, 0) is 46.5 Å². The highest BCUT2D eigenvalue weighted by atomic mass is 16.3. The third-order valence-electron chi connectivity index (χ3n) is 4.24. The van der Waals surface area contributed by atoms with Crippen LogP contribution in [0.3, 0.4) is 0 Å². The molecule has 4 rings (SSSR count). The van der Waals surface area contributed by atoms with Crippen LogP contribution >= 0.6 is 0 Å². The Balaban J connectivity index is 2.00. The van der Waals surface area contributed by atoms with Crippen LogP contribution in [0, 0.1) is 0 Å². The zero-order valence-electron chi connectivity index (χ0n) is 10.9. The third kappa shape index (κ3) is 1.39. The number of fused-ring (bicyclic) bond motifs is 4. The Morgan fingerprint density at radius 3 is 1.38 bits per heavy atom. The zero-order chi connectivity index (χ0) is 14.8. The highest BCUT2D eigenvalue weighted by Crippen LogP contribution is 2.51. The van der Waals surface area contributed by atoms with Crippen molar-refractivity contribution < 1.29 is 20.4 Å². The minimum atomic E-state index is -0.582. The standard InChI is InChI=1S/C17H12O4/c18-13-5-9-1-3-17(11(9)7-15(13)20)4-2-10-6-14(19)16(21)8-12(10)17/h1-8,18-21H. The fourth-order valence-corrected chi connectivity index (χ4v) is 3.18. The molecule has 4 heteroatoms. The summed E-state index contributed by atoms with van der Waals surface area (Å²) >= 11 is 0. The summed E-state index contributed by atoms with van der Waals surface area (Å²) in [5, 5.41) is 38.8. The SMILES string of the molecule is Oc1cc2c(cc1O)C1(C=C2)C=Cc2cc(O)c(O)cc21. The number of hydrogen-bond acceptors (Lipinski definition) is 4. The fourth-order valence-electron chi connectivity index (χ4n) is 3.18. The quantitative estimate of drug-likeness (QED) is 0.559. The molecule has 0 fully saturated rings. The van der Waals surface area contributed by atoms with Crippen molar-refractivity contribution in [2.45, 2.75) is 5.41 Å². The molecule has 0 heterocycles. The lowest BCUT2D eigenvalue weighted by Crippen LogP contribution is -2.18. The summed E-state index contributed by atoms with van der Waals surface area (Å²) < 4.78 is 0. The number of hydrogen-bond donors (Lipinski definition) is 4. The van der Waals surface area contributed by atoms with E-state index in [1.54, 1.807) is 0 Å². The first kappa shape index (κ1) is 11.9. The average Bonchev–Trinajstić information content (AvgIpc) is 2.96. The molecule has 104 valence electrons. The van der Waals surface area contributed by atoms with Gasteiger partial charge in [-0.15, -0.1) is 0 Å². The number of allylic oxidation sites excluding steroid dienone is 2. The van der Waals surface area contributed by atoms with Crippen molar-refractivity contribution in [2.24, 2.45) is 0 Å². The summed E-state index contributed by atoms with van der Waals surface area (Å²) in [6.07, 6.45) is 7.65. The van der Waals surface area contributed by atoms with E-state index in [-0.39, 0.29) is 23.0 Å². The lowest BCUT2D eigenvalue weighted by molar-refractivity contribution is 0.401. The van der Waals surface area contributed by atoms with E-state index in [2.05, 4.69) is 0 Å². The molecule has 4 nitrogen and oxygen atoms in total. The number of phenols is 4. The summed E-state index contributed by atoms with van der Waals surface area (Å²) in [4.78, 5) is 0. The van der Waals surface area contributed by atoms with Gasteiger partial charge < -0.3 is 20.4 Å². The lowest BCUT2D eigenvalue weighted by Gasteiger charge is -2.24. The Morgan fingerprint density at radius 1 is 0.571 bits per heavy atom. The van der Waals surface area contributed by atoms with Gasteiger partial charge in [0, 0.05) is 0 Å². The summed E-state index contributed by atoms with van der Waals surface area (Å²) in [6.45, 7) is 0. The smallest absolute Gasteiger partial charge is 0.158 e. The molecule has 0 atom stereocenters. The van der Waals surface area contributed by atoms with Crippen LogP contribution in [0.1, 0.15) is 22.3 Å². The van der Waals surface area contributed by atoms with E-state index < -0.39 is 5.41 Å². The number of rotatable bonds is 0. The van der Waals surface area contributed by atoms with Crippen LogP contribution in [0.15, 0.2) is 36.4 Å². The van der Waals surface area contributed by atoms with Gasteiger partial charge in [0.15, 0.2) is 23.0 Å². The Bertz CT molecular complexity index is 775. The molecule has 2 aromatic carbocycles. The van der Waals surface area contributed by atoms with Gasteiger partial charge in [-0.25, -0.2) is 0 Å². The van der Waals surface area contributed by atoms with E-state index in [9.17, 15) is 20.4 Å². The Hall–Kier alpha value is -2.88. The molecular weight excluding hydrogens is 268 g/mol. The molecule has 2 aromatic rings. The van der Waals surface area contributed by atoms with Crippen LogP contribution in [-0.4, -0.2) is 20.4 Å². The maximum absolute atomic E-state index is 9.78. The van der Waals surface area contributed by atoms with Crippen molar-refractivity contribution in [1.82, 2.24) is 0 Å². The van der Waals surface area contributed by atoms with Crippen molar-refractivity contribution in [1.29, 1.82) is 0 Å². The first-order valence-corrected chi connectivity index (χ1v) is 6.53. The fraction of sp³-hybridized carbons (Fsp3) is 0.0588. The highest BCUT2D eigenvalue weighted by molar-refractivity contribution is 5.81. The topological polar surface area (TPSA) is 80.9 Å². The number of aromatic hydroxyl groups is 4. The third-order valence-corrected chi connectivity index (χ3v) is 4.24. The van der Waals surface area contributed by atoms with E-state index in [0.717, 1.165) is 22.3 Å². The van der Waals surface area contributed by atoms with Gasteiger partial charge in [-0.2, -0.15) is 0 Å². The molecule has 0 unspecified atom stereocenters. The van der Waals surface area contributed by atoms with E-state index in [0.29, 0.717) is 0 Å². The molecule has 0 saturated carbocycles. The largest absolute Gasteiger partial charge is 0.504 e. The van der Waals surface area contributed by atoms with Crippen LogP contribution in [0.25, 0.3) is 12.2 Å². The second-order valence-electron chi connectivity index (χ2n) is 5.39. The molecule has 0 aliphatic heterocycles. The van der Waals surface area contributed by atoms with Crippen molar-refractivity contribution >= 4 is 12.2 Å². The van der Waals surface area contributed by atoms with Crippen molar-refractivity contribution in [3.8, 4) is 23.0 Å². The van der Waals surface area contributed by atoms with Crippen LogP contribution in [0.2, 0.25) is 0 Å². The van der Waals surface area contributed by atoms with Crippen molar-refractivity contribution in [3.63, 3.8) is 0 Å². The highest BCUT2D eigenvalue weighted by Gasteiger charge is 2.40. The molecule has 0 aromatic heterocycles. The lowest BCUT2D eigenvalue weighted by atomic mass is 9.78. The zero-order valence-corrected chi connectivity index (χ0v) is 10.9. The van der Waals surface area contributed by atoms with Crippen LogP contribution in [0.5, 0.6) is 23.0 Å². The maximum Gasteiger partial charge on any atom is 0.158 e. The second-order valence-corrected chi connectivity index (χ2v) is 5.39. The van der Waals surface area contributed by atoms with E-state index in [1.165, 1.54) is 24.3 Å². The maximum atomic E-state index is 9.78. The summed E-state index contributed by atoms with van der Waals surface area (Å²) in [5.74, 6) is -0.680. The first-order valence-electron chi connectivity index (χ1n) is 6.53. The van der Waals surface area contributed by atoms with E-state index >= 15 is 0 Å². The molecule has 0 bridgehead atoms. The molecule has 1 spiro atoms. The molecule has 21 heavy (non-hydrogen) atoms. The van der Waals surface area contributed by atoms with Crippen LogP contribution in [0.4, 0.5) is 0 Å². The minimum Gasteiger partial charge on any atom is -0.504 e. The molecule has 0 amide bonds. The molecule has 4 N–H and O–H groups in total. The predicted molar refractivity (Wildman–Crippen MR) is 78.4 cm³/mol. The molecule has 2 aliphatic carbocycles. The Labute approximate surface area is 120 Å². The van der Waals surface area contributed by atoms with Gasteiger partial charge in [0.2, 0.25) is 0 Å². The predicted octanol–water partition coefficient (Wildman–Crippen LogP) is 2.85. The van der Waals surface area contributed by atoms with Crippen molar-refractivity contribution in [3.05, 3.63) is 58.7 Å². The molecule has 0 radical (unpaired) electrons. The minimum absolute atomic E-state index is 0.161. The second kappa shape index (κ2) is 3.61. The number of benzene rings is 2. The van der Waals surface area contributed by atoms with Gasteiger partial charge in [-0.1, -0.05) is 24.3 Å². The molecule has 2 aliphatic rings. The van der Waals surface area contributed by atoms with Crippen LogP contribution < -0.4 is 0 Å². The monoisotopic (exact) mass is 280 g/mol. The normalized spacial score (nSPS) is 16.4. The molecular formula is C17H12O4.